The van der Waals surface area contributed by atoms with Gasteiger partial charge in [0.2, 0.25) is 0 Å². The Bertz CT molecular complexity index is 920. The Kier molecular flexibility index (Phi) is 7.13. The van der Waals surface area contributed by atoms with Gasteiger partial charge < -0.3 is 19.5 Å². The summed E-state index contributed by atoms with van der Waals surface area (Å²) in [6, 6.07) is 4.66. The van der Waals surface area contributed by atoms with Gasteiger partial charge in [-0.2, -0.15) is 5.26 Å². The van der Waals surface area contributed by atoms with Gasteiger partial charge in [-0.3, -0.25) is 14.9 Å². The molecule has 0 aliphatic carbocycles. The molecule has 0 aromatic heterocycles. The van der Waals surface area contributed by atoms with E-state index in [2.05, 4.69) is 5.32 Å². The fourth-order valence-electron chi connectivity index (χ4n) is 2.54. The monoisotopic (exact) mass is 417 g/mol. The third-order valence-corrected chi connectivity index (χ3v) is 4.77. The number of non-ortho nitro benzene ring substituents is 1. The Hall–Kier alpha value is -3.45. The van der Waals surface area contributed by atoms with Crippen LogP contribution < -0.4 is 10.1 Å². The van der Waals surface area contributed by atoms with Gasteiger partial charge in [0, 0.05) is 29.3 Å². The van der Waals surface area contributed by atoms with Crippen molar-refractivity contribution in [2.75, 3.05) is 6.79 Å². The molecule has 160 valence electrons. The van der Waals surface area contributed by atoms with Crippen LogP contribution in [0.5, 0.6) is 5.75 Å². The molecule has 10 heteroatoms. The number of rotatable bonds is 7. The van der Waals surface area contributed by atoms with Crippen molar-refractivity contribution >= 4 is 23.6 Å². The smallest absolute Gasteiger partial charge is 0.331 e. The molecule has 30 heavy (non-hydrogen) atoms. The minimum absolute atomic E-state index is 0.0131. The molecule has 0 saturated heterocycles. The maximum absolute atomic E-state index is 12.3. The van der Waals surface area contributed by atoms with Crippen LogP contribution in [0.2, 0.25) is 0 Å². The van der Waals surface area contributed by atoms with Gasteiger partial charge in [-0.25, -0.2) is 4.79 Å². The van der Waals surface area contributed by atoms with Crippen molar-refractivity contribution in [3.05, 3.63) is 39.4 Å². The van der Waals surface area contributed by atoms with Gasteiger partial charge in [0.15, 0.2) is 12.9 Å². The largest absolute Gasteiger partial charge is 0.467 e. The average Bonchev–Trinajstić information content (AvgIpc) is 2.71. The van der Waals surface area contributed by atoms with Crippen molar-refractivity contribution in [1.29, 1.82) is 5.26 Å². The topological polar surface area (TPSA) is 141 Å². The molecule has 1 amide bonds. The predicted molar refractivity (Wildman–Crippen MR) is 105 cm³/mol. The van der Waals surface area contributed by atoms with Gasteiger partial charge in [0.05, 0.1) is 17.6 Å². The highest BCUT2D eigenvalue weighted by molar-refractivity contribution is 5.91. The van der Waals surface area contributed by atoms with Crippen molar-refractivity contribution in [1.82, 2.24) is 5.32 Å². The first kappa shape index (κ1) is 22.8. The number of benzene rings is 1. The van der Waals surface area contributed by atoms with E-state index >= 15 is 0 Å². The van der Waals surface area contributed by atoms with E-state index < -0.39 is 28.4 Å². The zero-order chi connectivity index (χ0) is 22.5. The average molecular weight is 417 g/mol. The number of hydrogen-bond acceptors (Lipinski definition) is 8. The van der Waals surface area contributed by atoms with Crippen LogP contribution in [-0.2, 0) is 25.7 Å². The Morgan fingerprint density at radius 3 is 2.70 bits per heavy atom. The van der Waals surface area contributed by atoms with Crippen LogP contribution >= 0.6 is 0 Å². The number of nitriles is 1. The van der Waals surface area contributed by atoms with Crippen LogP contribution in [0.1, 0.15) is 38.8 Å². The van der Waals surface area contributed by atoms with Crippen molar-refractivity contribution in [2.24, 2.45) is 5.92 Å². The van der Waals surface area contributed by atoms with Gasteiger partial charge in [-0.1, -0.05) is 13.8 Å². The first-order chi connectivity index (χ1) is 14.1. The molecule has 1 heterocycles. The summed E-state index contributed by atoms with van der Waals surface area (Å²) in [7, 11) is 0. The normalized spacial score (nSPS) is 16.0. The molecular weight excluding hydrogens is 394 g/mol. The molecule has 1 aromatic rings. The second kappa shape index (κ2) is 9.37. The number of ether oxygens (including phenoxy) is 3. The third kappa shape index (κ3) is 5.33. The summed E-state index contributed by atoms with van der Waals surface area (Å²) in [6.07, 6.45) is 1.23. The lowest BCUT2D eigenvalue weighted by Gasteiger charge is -2.28. The van der Waals surface area contributed by atoms with E-state index in [0.29, 0.717) is 16.9 Å². The number of esters is 1. The lowest BCUT2D eigenvalue weighted by molar-refractivity contribution is -0.385. The van der Waals surface area contributed by atoms with E-state index in [1.165, 1.54) is 25.1 Å². The van der Waals surface area contributed by atoms with Crippen molar-refractivity contribution in [3.8, 4) is 11.8 Å². The molecule has 2 atom stereocenters. The molecule has 0 bridgehead atoms. The Balaban J connectivity index is 2.11. The van der Waals surface area contributed by atoms with Gasteiger partial charge in [0.25, 0.3) is 11.6 Å². The molecule has 1 aliphatic rings. The summed E-state index contributed by atoms with van der Waals surface area (Å²) in [5.74, 6) is -1.21. The second-order valence-corrected chi connectivity index (χ2v) is 7.26. The lowest BCUT2D eigenvalue weighted by atomic mass is 9.90. The number of amides is 1. The number of nitrogens with one attached hydrogen (secondary N) is 1. The number of nitrogens with zero attached hydrogens (tertiary/aromatic N) is 2. The van der Waals surface area contributed by atoms with Crippen LogP contribution in [-0.4, -0.2) is 35.2 Å². The van der Waals surface area contributed by atoms with Gasteiger partial charge in [0.1, 0.15) is 11.3 Å². The van der Waals surface area contributed by atoms with Gasteiger partial charge >= 0.3 is 5.97 Å². The maximum atomic E-state index is 12.3. The first-order valence-corrected chi connectivity index (χ1v) is 9.21. The molecule has 0 radical (unpaired) electrons. The Labute approximate surface area is 173 Å². The summed E-state index contributed by atoms with van der Waals surface area (Å²) in [4.78, 5) is 35.0. The van der Waals surface area contributed by atoms with Crippen LogP contribution in [0.25, 0.3) is 6.08 Å². The van der Waals surface area contributed by atoms with Crippen LogP contribution in [0, 0.1) is 27.4 Å². The fraction of sp³-hybridized carbons (Fsp3) is 0.450. The molecule has 0 fully saturated rings. The van der Waals surface area contributed by atoms with Gasteiger partial charge in [-0.05, 0) is 25.8 Å². The standard InChI is InChI=1S/C20H23N3O7/c1-12(2)20(4,10-21)22-19(25)13(3)30-17(24)6-5-14-7-16(23(26)27)8-15-9-28-11-29-18(14)15/h5-8,12-13H,9,11H2,1-4H3,(H,22,25)/t13?,20-/m0/s1. The van der Waals surface area contributed by atoms with E-state index in [1.807, 2.05) is 6.07 Å². The minimum Gasteiger partial charge on any atom is -0.467 e. The highest BCUT2D eigenvalue weighted by Gasteiger charge is 2.32. The molecule has 10 nitrogen and oxygen atoms in total. The lowest BCUT2D eigenvalue weighted by Crippen LogP contribution is -2.52. The van der Waals surface area contributed by atoms with Crippen LogP contribution in [0.3, 0.4) is 0 Å². The first-order valence-electron chi connectivity index (χ1n) is 9.21. The SMILES string of the molecule is CC(OC(=O)C=Cc1cc([N+](=O)[O-])cc2c1OCOC2)C(=O)N[C@@](C)(C#N)C(C)C. The highest BCUT2D eigenvalue weighted by atomic mass is 16.7. The van der Waals surface area contributed by atoms with Crippen LogP contribution in [0.4, 0.5) is 5.69 Å². The molecule has 1 unspecified atom stereocenters. The fourth-order valence-corrected chi connectivity index (χ4v) is 2.54. The van der Waals surface area contributed by atoms with E-state index in [-0.39, 0.29) is 25.0 Å². The molecule has 2 rings (SSSR count). The number of hydrogen-bond donors (Lipinski definition) is 1. The second-order valence-electron chi connectivity index (χ2n) is 7.26. The molecule has 1 N–H and O–H groups in total. The summed E-state index contributed by atoms with van der Waals surface area (Å²) in [6.45, 7) is 6.67. The zero-order valence-electron chi connectivity index (χ0n) is 17.1. The summed E-state index contributed by atoms with van der Waals surface area (Å²) >= 11 is 0. The number of fused-ring (bicyclic) bond motifs is 1. The Morgan fingerprint density at radius 1 is 1.40 bits per heavy atom. The van der Waals surface area contributed by atoms with E-state index in [1.54, 1.807) is 20.8 Å². The maximum Gasteiger partial charge on any atom is 0.331 e. The van der Waals surface area contributed by atoms with E-state index in [9.17, 15) is 25.0 Å². The van der Waals surface area contributed by atoms with E-state index in [0.717, 1.165) is 6.08 Å². The van der Waals surface area contributed by atoms with Gasteiger partial charge in [-0.15, -0.1) is 0 Å². The summed E-state index contributed by atoms with van der Waals surface area (Å²) < 4.78 is 15.6. The molecular formula is C20H23N3O7. The van der Waals surface area contributed by atoms with Crippen molar-refractivity contribution in [3.63, 3.8) is 0 Å². The van der Waals surface area contributed by atoms with Crippen LogP contribution in [0.15, 0.2) is 18.2 Å². The summed E-state index contributed by atoms with van der Waals surface area (Å²) in [5, 5.41) is 23.0. The van der Waals surface area contributed by atoms with Crippen molar-refractivity contribution < 1.29 is 28.7 Å². The number of carbonyl (C=O) groups excluding carboxylic acids is 2. The molecule has 0 spiro atoms. The van der Waals surface area contributed by atoms with E-state index in [4.69, 9.17) is 14.2 Å². The number of nitro groups is 1. The van der Waals surface area contributed by atoms with Crippen molar-refractivity contribution in [2.45, 2.75) is 45.9 Å². The zero-order valence-corrected chi connectivity index (χ0v) is 17.1. The highest BCUT2D eigenvalue weighted by Crippen LogP contribution is 2.33. The quantitative estimate of drug-likeness (QED) is 0.309. The summed E-state index contributed by atoms with van der Waals surface area (Å²) in [5.41, 5.74) is -0.475. The number of nitro benzene ring substituents is 1. The Morgan fingerprint density at radius 2 is 2.10 bits per heavy atom. The molecule has 1 aliphatic heterocycles. The third-order valence-electron chi connectivity index (χ3n) is 4.77. The number of carbonyl (C=O) groups is 2. The molecule has 0 saturated carbocycles. The predicted octanol–water partition coefficient (Wildman–Crippen LogP) is 2.46. The molecule has 1 aromatic carbocycles. The minimum atomic E-state index is -1.14.